The molecule has 0 radical (unpaired) electrons. The normalized spacial score (nSPS) is 15.1. The monoisotopic (exact) mass is 561 g/mol. The van der Waals surface area contributed by atoms with Gasteiger partial charge >= 0.3 is 0 Å². The van der Waals surface area contributed by atoms with E-state index in [1.807, 2.05) is 0 Å². The maximum absolute atomic E-state index is 2.71. The van der Waals surface area contributed by atoms with Crippen molar-refractivity contribution in [3.05, 3.63) is 12.4 Å². The topological polar surface area (TPSA) is 6.48 Å². The molecule has 238 valence electrons. The number of rotatable bonds is 32. The van der Waals surface area contributed by atoms with Crippen molar-refractivity contribution in [1.82, 2.24) is 9.80 Å². The average Bonchev–Trinajstić information content (AvgIpc) is 3.35. The minimum absolute atomic E-state index is 0.641. The van der Waals surface area contributed by atoms with Gasteiger partial charge in [0.25, 0.3) is 0 Å². The summed E-state index contributed by atoms with van der Waals surface area (Å²) < 4.78 is 0. The van der Waals surface area contributed by atoms with Crippen LogP contribution in [0.4, 0.5) is 0 Å². The first kappa shape index (κ1) is 37.4. The van der Waals surface area contributed by atoms with Crippen molar-refractivity contribution in [2.75, 3.05) is 13.1 Å². The minimum Gasteiger partial charge on any atom is -0.356 e. The third-order valence-electron chi connectivity index (χ3n) is 9.32. The molecule has 0 saturated heterocycles. The summed E-state index contributed by atoms with van der Waals surface area (Å²) in [5.74, 6) is 0. The summed E-state index contributed by atoms with van der Waals surface area (Å²) in [6.45, 7) is 9.47. The Morgan fingerprint density at radius 3 is 0.875 bits per heavy atom. The molecule has 2 heteroatoms. The third kappa shape index (κ3) is 22.0. The minimum atomic E-state index is 0.641. The Bertz CT molecular complexity index is 516. The van der Waals surface area contributed by atoms with Gasteiger partial charge in [-0.2, -0.15) is 0 Å². The zero-order valence-electron chi connectivity index (χ0n) is 28.3. The fourth-order valence-electron chi connectivity index (χ4n) is 6.54. The smallest absolute Gasteiger partial charge is 0.101 e. The number of unbranched alkanes of at least 4 members (excludes halogenated alkanes) is 26. The SMILES string of the molecule is CCCCCCCCCCCCCCCCC1N(CCCCCCCC)C=CN1CCCCCCCCCCC. The first-order valence-electron chi connectivity index (χ1n) is 19.0. The van der Waals surface area contributed by atoms with Crippen LogP contribution in [0.25, 0.3) is 0 Å². The van der Waals surface area contributed by atoms with Crippen molar-refractivity contribution in [2.24, 2.45) is 0 Å². The van der Waals surface area contributed by atoms with Gasteiger partial charge in [-0.25, -0.2) is 0 Å². The van der Waals surface area contributed by atoms with E-state index in [-0.39, 0.29) is 0 Å². The fourth-order valence-corrected chi connectivity index (χ4v) is 6.54. The van der Waals surface area contributed by atoms with Gasteiger partial charge in [0.1, 0.15) is 6.17 Å². The van der Waals surface area contributed by atoms with E-state index < -0.39 is 0 Å². The van der Waals surface area contributed by atoms with Gasteiger partial charge in [0.2, 0.25) is 0 Å². The second kappa shape index (κ2) is 29.8. The van der Waals surface area contributed by atoms with Crippen LogP contribution in [0.15, 0.2) is 12.4 Å². The van der Waals surface area contributed by atoms with E-state index in [0.29, 0.717) is 6.17 Å². The molecule has 2 nitrogen and oxygen atoms in total. The average molecular weight is 561 g/mol. The summed E-state index contributed by atoms with van der Waals surface area (Å²) in [6, 6.07) is 0. The van der Waals surface area contributed by atoms with Crippen molar-refractivity contribution in [3.63, 3.8) is 0 Å². The van der Waals surface area contributed by atoms with E-state index in [2.05, 4.69) is 43.0 Å². The summed E-state index contributed by atoms with van der Waals surface area (Å²) in [5.41, 5.74) is 0. The van der Waals surface area contributed by atoms with E-state index in [9.17, 15) is 0 Å². The molecule has 1 heterocycles. The maximum atomic E-state index is 2.71. The Hall–Kier alpha value is -0.660. The van der Waals surface area contributed by atoms with Gasteiger partial charge in [-0.3, -0.25) is 0 Å². The van der Waals surface area contributed by atoms with Gasteiger partial charge in [0.15, 0.2) is 0 Å². The first-order chi connectivity index (χ1) is 19.8. The maximum Gasteiger partial charge on any atom is 0.101 e. The number of hydrogen-bond acceptors (Lipinski definition) is 2. The molecule has 0 N–H and O–H groups in total. The molecule has 0 aromatic heterocycles. The molecule has 1 rings (SSSR count). The van der Waals surface area contributed by atoms with Crippen molar-refractivity contribution in [2.45, 2.75) is 220 Å². The van der Waals surface area contributed by atoms with Crippen molar-refractivity contribution in [1.29, 1.82) is 0 Å². The summed E-state index contributed by atoms with van der Waals surface area (Å²) >= 11 is 0. The molecule has 0 aliphatic carbocycles. The molecule has 1 aliphatic heterocycles. The van der Waals surface area contributed by atoms with Crippen molar-refractivity contribution >= 4 is 0 Å². The molecule has 0 fully saturated rings. The largest absolute Gasteiger partial charge is 0.356 e. The summed E-state index contributed by atoms with van der Waals surface area (Å²) in [6.07, 6.45) is 48.4. The Morgan fingerprint density at radius 2 is 0.575 bits per heavy atom. The van der Waals surface area contributed by atoms with Gasteiger partial charge in [0.05, 0.1) is 0 Å². The summed E-state index contributed by atoms with van der Waals surface area (Å²) in [7, 11) is 0. The zero-order valence-corrected chi connectivity index (χ0v) is 28.3. The summed E-state index contributed by atoms with van der Waals surface area (Å²) in [4.78, 5) is 5.41. The molecule has 1 atom stereocenters. The van der Waals surface area contributed by atoms with Crippen molar-refractivity contribution in [3.8, 4) is 0 Å². The van der Waals surface area contributed by atoms with Crippen molar-refractivity contribution < 1.29 is 0 Å². The molecule has 0 saturated carbocycles. The van der Waals surface area contributed by atoms with Crippen LogP contribution in [-0.2, 0) is 0 Å². The lowest BCUT2D eigenvalue weighted by molar-refractivity contribution is 0.135. The first-order valence-corrected chi connectivity index (χ1v) is 19.0. The van der Waals surface area contributed by atoms with Crippen LogP contribution < -0.4 is 0 Å². The summed E-state index contributed by atoms with van der Waals surface area (Å²) in [5, 5.41) is 0. The van der Waals surface area contributed by atoms with E-state index in [0.717, 1.165) is 0 Å². The zero-order chi connectivity index (χ0) is 28.8. The highest BCUT2D eigenvalue weighted by molar-refractivity contribution is 4.97. The number of hydrogen-bond donors (Lipinski definition) is 0. The van der Waals surface area contributed by atoms with E-state index in [1.54, 1.807) is 0 Å². The lowest BCUT2D eigenvalue weighted by Gasteiger charge is -2.33. The highest BCUT2D eigenvalue weighted by Gasteiger charge is 2.24. The van der Waals surface area contributed by atoms with E-state index >= 15 is 0 Å². The Kier molecular flexibility index (Phi) is 27.9. The van der Waals surface area contributed by atoms with E-state index in [4.69, 9.17) is 0 Å². The fraction of sp³-hybridized carbons (Fsp3) is 0.947. The van der Waals surface area contributed by atoms with Crippen LogP contribution in [-0.4, -0.2) is 29.1 Å². The molecule has 0 aromatic rings. The predicted octanol–water partition coefficient (Wildman–Crippen LogP) is 13.2. The quantitative estimate of drug-likeness (QED) is 0.0755. The second-order valence-electron chi connectivity index (χ2n) is 13.2. The van der Waals surface area contributed by atoms with Gasteiger partial charge in [-0.15, -0.1) is 0 Å². The van der Waals surface area contributed by atoms with Crippen LogP contribution in [0.5, 0.6) is 0 Å². The van der Waals surface area contributed by atoms with Gasteiger partial charge in [-0.05, 0) is 25.7 Å². The molecule has 40 heavy (non-hydrogen) atoms. The van der Waals surface area contributed by atoms with Gasteiger partial charge in [0, 0.05) is 25.5 Å². The molecule has 1 aliphatic rings. The Balaban J connectivity index is 2.18. The molecule has 1 unspecified atom stereocenters. The Labute approximate surface area is 254 Å². The molecule has 0 amide bonds. The molecule has 0 aromatic carbocycles. The lowest BCUT2D eigenvalue weighted by Crippen LogP contribution is -2.39. The number of nitrogens with zero attached hydrogens (tertiary/aromatic N) is 2. The van der Waals surface area contributed by atoms with Gasteiger partial charge in [-0.1, -0.05) is 188 Å². The molecule has 0 bridgehead atoms. The molecular formula is C38H76N2. The van der Waals surface area contributed by atoms with Crippen LogP contribution in [0.3, 0.4) is 0 Å². The van der Waals surface area contributed by atoms with Crippen LogP contribution >= 0.6 is 0 Å². The highest BCUT2D eigenvalue weighted by atomic mass is 15.4. The predicted molar refractivity (Wildman–Crippen MR) is 182 cm³/mol. The van der Waals surface area contributed by atoms with Crippen LogP contribution in [0, 0.1) is 0 Å². The van der Waals surface area contributed by atoms with Crippen LogP contribution in [0.2, 0.25) is 0 Å². The molecular weight excluding hydrogens is 484 g/mol. The molecule has 0 spiro atoms. The third-order valence-corrected chi connectivity index (χ3v) is 9.32. The lowest BCUT2D eigenvalue weighted by atomic mass is 10.0. The van der Waals surface area contributed by atoms with Gasteiger partial charge < -0.3 is 9.80 Å². The second-order valence-corrected chi connectivity index (χ2v) is 13.2. The van der Waals surface area contributed by atoms with Crippen LogP contribution in [0.1, 0.15) is 213 Å². The standard InChI is InChI=1S/C38H76N2/c1-4-7-10-13-16-18-19-20-21-22-23-25-27-30-33-38-39(34-31-28-15-12-9-6-3)36-37-40(38)35-32-29-26-24-17-14-11-8-5-2/h36-38H,4-35H2,1-3H3. The van der Waals surface area contributed by atoms with E-state index in [1.165, 1.54) is 206 Å². The Morgan fingerprint density at radius 1 is 0.325 bits per heavy atom. The highest BCUT2D eigenvalue weighted by Crippen LogP contribution is 2.24.